The van der Waals surface area contributed by atoms with Crippen LogP contribution in [0.3, 0.4) is 0 Å². The molecule has 1 amide bonds. The van der Waals surface area contributed by atoms with E-state index in [1.54, 1.807) is 6.92 Å². The Morgan fingerprint density at radius 3 is 2.78 bits per heavy atom. The molecule has 0 spiro atoms. The van der Waals surface area contributed by atoms with Gasteiger partial charge in [0, 0.05) is 6.20 Å². The zero-order chi connectivity index (χ0) is 13.6. The third kappa shape index (κ3) is 2.44. The summed E-state index contributed by atoms with van der Waals surface area (Å²) in [6.45, 7) is 1.13. The number of carbonyl (C=O) groups excluding carboxylic acids is 1. The van der Waals surface area contributed by atoms with Gasteiger partial charge >= 0.3 is 0 Å². The predicted molar refractivity (Wildman–Crippen MR) is 64.0 cm³/mol. The summed E-state index contributed by atoms with van der Waals surface area (Å²) in [5, 5.41) is 6.26. The van der Waals surface area contributed by atoms with Crippen molar-refractivity contribution >= 4 is 34.8 Å². The quantitative estimate of drug-likeness (QED) is 0.869. The normalized spacial score (nSPS) is 25.2. The van der Waals surface area contributed by atoms with E-state index in [0.717, 1.165) is 4.68 Å². The van der Waals surface area contributed by atoms with Gasteiger partial charge < -0.3 is 5.32 Å². The van der Waals surface area contributed by atoms with Gasteiger partial charge in [-0.05, 0) is 13.3 Å². The second kappa shape index (κ2) is 4.35. The van der Waals surface area contributed by atoms with Crippen molar-refractivity contribution in [1.82, 2.24) is 9.78 Å². The monoisotopic (exact) mass is 297 g/mol. The van der Waals surface area contributed by atoms with E-state index in [1.165, 1.54) is 12.4 Å². The number of halogens is 4. The standard InChI is InChI=1S/C10H11Cl2F2N3O/c1-9(5-10(9,11)12)8(18)16-6-2-15-17(3-6)4-7(13)14/h2-3,7H,4-5H2,1H3,(H,16,18)/t9-/m1/s1. The minimum absolute atomic E-state index is 0.343. The molecule has 1 fully saturated rings. The summed E-state index contributed by atoms with van der Waals surface area (Å²) < 4.78 is 24.2. The van der Waals surface area contributed by atoms with Gasteiger partial charge in [-0.1, -0.05) is 0 Å². The topological polar surface area (TPSA) is 46.9 Å². The molecule has 1 aromatic heterocycles. The SMILES string of the molecule is C[C@]1(C(=O)Nc2cnn(CC(F)F)c2)CC1(Cl)Cl. The third-order valence-corrected chi connectivity index (χ3v) is 4.08. The number of carbonyl (C=O) groups is 1. The maximum absolute atomic E-state index is 12.1. The van der Waals surface area contributed by atoms with Crippen LogP contribution in [0.5, 0.6) is 0 Å². The largest absolute Gasteiger partial charge is 0.323 e. The lowest BCUT2D eigenvalue weighted by atomic mass is 10.1. The van der Waals surface area contributed by atoms with E-state index in [1.807, 2.05) is 0 Å². The van der Waals surface area contributed by atoms with Gasteiger partial charge in [-0.15, -0.1) is 23.2 Å². The van der Waals surface area contributed by atoms with Crippen molar-refractivity contribution in [1.29, 1.82) is 0 Å². The van der Waals surface area contributed by atoms with Gasteiger partial charge in [-0.25, -0.2) is 8.78 Å². The van der Waals surface area contributed by atoms with Crippen LogP contribution >= 0.6 is 23.2 Å². The van der Waals surface area contributed by atoms with E-state index in [4.69, 9.17) is 23.2 Å². The summed E-state index contributed by atoms with van der Waals surface area (Å²) in [5.74, 6) is -0.343. The van der Waals surface area contributed by atoms with Gasteiger partial charge in [0.05, 0.1) is 17.3 Å². The summed E-state index contributed by atoms with van der Waals surface area (Å²) in [6.07, 6.45) is 0.503. The van der Waals surface area contributed by atoms with Crippen LogP contribution in [0.2, 0.25) is 0 Å². The first-order valence-corrected chi connectivity index (χ1v) is 6.00. The molecular weight excluding hydrogens is 287 g/mol. The Balaban J connectivity index is 1.98. The highest BCUT2D eigenvalue weighted by atomic mass is 35.5. The molecule has 0 aromatic carbocycles. The second-order valence-electron chi connectivity index (χ2n) is 4.51. The molecule has 1 N–H and O–H groups in total. The fourth-order valence-electron chi connectivity index (χ4n) is 1.58. The molecule has 0 bridgehead atoms. The molecule has 0 unspecified atom stereocenters. The van der Waals surface area contributed by atoms with Crippen LogP contribution in [0.1, 0.15) is 13.3 Å². The highest BCUT2D eigenvalue weighted by Gasteiger charge is 2.67. The Kier molecular flexibility index (Phi) is 3.27. The number of anilines is 1. The van der Waals surface area contributed by atoms with Gasteiger partial charge in [-0.2, -0.15) is 5.10 Å². The molecule has 1 aliphatic rings. The van der Waals surface area contributed by atoms with E-state index < -0.39 is 22.7 Å². The Hall–Kier alpha value is -0.880. The number of hydrogen-bond donors (Lipinski definition) is 1. The average Bonchev–Trinajstić information content (AvgIpc) is 2.57. The number of rotatable bonds is 4. The van der Waals surface area contributed by atoms with Crippen molar-refractivity contribution in [2.75, 3.05) is 5.32 Å². The molecule has 100 valence electrons. The predicted octanol–water partition coefficient (Wildman–Crippen LogP) is 2.67. The minimum atomic E-state index is -2.49. The first kappa shape index (κ1) is 13.5. The lowest BCUT2D eigenvalue weighted by Gasteiger charge is -2.10. The number of nitrogens with zero attached hydrogens (tertiary/aromatic N) is 2. The van der Waals surface area contributed by atoms with Crippen LogP contribution in [-0.4, -0.2) is 26.4 Å². The van der Waals surface area contributed by atoms with Gasteiger partial charge in [0.1, 0.15) is 10.9 Å². The molecule has 0 radical (unpaired) electrons. The van der Waals surface area contributed by atoms with E-state index >= 15 is 0 Å². The molecule has 1 atom stereocenters. The number of amides is 1. The van der Waals surface area contributed by atoms with Gasteiger partial charge in [0.25, 0.3) is 6.43 Å². The molecule has 1 saturated carbocycles. The van der Waals surface area contributed by atoms with E-state index in [0.29, 0.717) is 12.1 Å². The Bertz CT molecular complexity index is 477. The fraction of sp³-hybridized carbons (Fsp3) is 0.600. The molecule has 18 heavy (non-hydrogen) atoms. The summed E-state index contributed by atoms with van der Waals surface area (Å²) in [5.41, 5.74) is -0.501. The van der Waals surface area contributed by atoms with Crippen molar-refractivity contribution in [2.24, 2.45) is 5.41 Å². The summed E-state index contributed by atoms with van der Waals surface area (Å²) in [7, 11) is 0. The molecule has 1 heterocycles. The maximum Gasteiger partial charge on any atom is 0.257 e. The number of hydrogen-bond acceptors (Lipinski definition) is 2. The molecule has 0 saturated heterocycles. The Morgan fingerprint density at radius 2 is 2.28 bits per heavy atom. The highest BCUT2D eigenvalue weighted by molar-refractivity contribution is 6.53. The Morgan fingerprint density at radius 1 is 1.67 bits per heavy atom. The molecule has 0 aliphatic heterocycles. The number of nitrogens with one attached hydrogen (secondary N) is 1. The summed E-state index contributed by atoms with van der Waals surface area (Å²) >= 11 is 11.7. The van der Waals surface area contributed by atoms with Crippen molar-refractivity contribution < 1.29 is 13.6 Å². The zero-order valence-corrected chi connectivity index (χ0v) is 11.0. The Labute approximate surface area is 112 Å². The third-order valence-electron chi connectivity index (χ3n) is 2.98. The molecule has 4 nitrogen and oxygen atoms in total. The summed E-state index contributed by atoms with van der Waals surface area (Å²) in [6, 6.07) is 0. The van der Waals surface area contributed by atoms with Gasteiger partial charge in [0.15, 0.2) is 0 Å². The molecule has 2 rings (SSSR count). The smallest absolute Gasteiger partial charge is 0.257 e. The maximum atomic E-state index is 12.1. The lowest BCUT2D eigenvalue weighted by molar-refractivity contribution is -0.120. The van der Waals surface area contributed by atoms with Crippen molar-refractivity contribution in [3.8, 4) is 0 Å². The van der Waals surface area contributed by atoms with E-state index in [9.17, 15) is 13.6 Å². The van der Waals surface area contributed by atoms with Crippen molar-refractivity contribution in [3.63, 3.8) is 0 Å². The van der Waals surface area contributed by atoms with Crippen molar-refractivity contribution in [2.45, 2.75) is 30.6 Å². The van der Waals surface area contributed by atoms with E-state index in [2.05, 4.69) is 10.4 Å². The van der Waals surface area contributed by atoms with Crippen LogP contribution in [0.4, 0.5) is 14.5 Å². The average molecular weight is 298 g/mol. The number of aromatic nitrogens is 2. The van der Waals surface area contributed by atoms with Crippen LogP contribution in [0, 0.1) is 5.41 Å². The van der Waals surface area contributed by atoms with Gasteiger partial charge in [-0.3, -0.25) is 9.48 Å². The first-order valence-electron chi connectivity index (χ1n) is 5.24. The fourth-order valence-corrected chi connectivity index (χ4v) is 2.29. The molecule has 1 aliphatic carbocycles. The molecular formula is C10H11Cl2F2N3O. The summed E-state index contributed by atoms with van der Waals surface area (Å²) in [4.78, 5) is 11.9. The zero-order valence-electron chi connectivity index (χ0n) is 9.46. The minimum Gasteiger partial charge on any atom is -0.323 e. The lowest BCUT2D eigenvalue weighted by Crippen LogP contribution is -2.25. The second-order valence-corrected chi connectivity index (χ2v) is 5.99. The highest BCUT2D eigenvalue weighted by Crippen LogP contribution is 2.64. The molecule has 8 heteroatoms. The van der Waals surface area contributed by atoms with E-state index in [-0.39, 0.29) is 5.91 Å². The van der Waals surface area contributed by atoms with Crippen LogP contribution in [0.15, 0.2) is 12.4 Å². The van der Waals surface area contributed by atoms with Crippen LogP contribution < -0.4 is 5.32 Å². The van der Waals surface area contributed by atoms with Crippen LogP contribution in [0.25, 0.3) is 0 Å². The number of alkyl halides is 4. The van der Waals surface area contributed by atoms with Crippen LogP contribution in [-0.2, 0) is 11.3 Å². The van der Waals surface area contributed by atoms with Crippen molar-refractivity contribution in [3.05, 3.63) is 12.4 Å². The first-order chi connectivity index (χ1) is 8.24. The molecule has 1 aromatic rings. The van der Waals surface area contributed by atoms with Gasteiger partial charge in [0.2, 0.25) is 5.91 Å².